The summed E-state index contributed by atoms with van der Waals surface area (Å²) in [6, 6.07) is 6.04. The monoisotopic (exact) mass is 277 g/mol. The first-order valence-corrected chi connectivity index (χ1v) is 7.65. The average Bonchev–Trinajstić information content (AvgIpc) is 2.40. The summed E-state index contributed by atoms with van der Waals surface area (Å²) in [5.74, 6) is 1.63. The molecule has 20 heavy (non-hydrogen) atoms. The Kier molecular flexibility index (Phi) is 5.44. The van der Waals surface area contributed by atoms with Gasteiger partial charge in [0, 0.05) is 13.1 Å². The van der Waals surface area contributed by atoms with Gasteiger partial charge in [0.25, 0.3) is 0 Å². The molecule has 1 N–H and O–H groups in total. The molecule has 1 aliphatic rings. The Balaban J connectivity index is 1.80. The lowest BCUT2D eigenvalue weighted by molar-refractivity contribution is 0.0535. The van der Waals surface area contributed by atoms with Crippen molar-refractivity contribution in [3.63, 3.8) is 0 Å². The molecule has 112 valence electrons. The molecule has 1 aromatic carbocycles. The highest BCUT2D eigenvalue weighted by atomic mass is 16.5. The molecule has 1 saturated heterocycles. The molecule has 1 aromatic rings. The molecule has 0 amide bonds. The topological polar surface area (TPSA) is 32.7 Å². The van der Waals surface area contributed by atoms with Gasteiger partial charge in [-0.25, -0.2) is 0 Å². The number of aliphatic hydroxyl groups excluding tert-OH is 1. The quantitative estimate of drug-likeness (QED) is 0.898. The van der Waals surface area contributed by atoms with Crippen LogP contribution in [0.15, 0.2) is 18.2 Å². The van der Waals surface area contributed by atoms with Crippen LogP contribution < -0.4 is 4.74 Å². The zero-order chi connectivity index (χ0) is 14.5. The summed E-state index contributed by atoms with van der Waals surface area (Å²) in [7, 11) is 0. The number of likely N-dealkylation sites (tertiary alicyclic amines) is 1. The van der Waals surface area contributed by atoms with Crippen molar-refractivity contribution in [2.24, 2.45) is 5.92 Å². The van der Waals surface area contributed by atoms with Crippen molar-refractivity contribution < 1.29 is 9.84 Å². The van der Waals surface area contributed by atoms with Gasteiger partial charge in [-0.15, -0.1) is 0 Å². The van der Waals surface area contributed by atoms with Gasteiger partial charge in [-0.05, 0) is 56.3 Å². The predicted octanol–water partition coefficient (Wildman–Crippen LogP) is 2.78. The largest absolute Gasteiger partial charge is 0.491 e. The van der Waals surface area contributed by atoms with Crippen molar-refractivity contribution in [3.05, 3.63) is 29.3 Å². The van der Waals surface area contributed by atoms with E-state index < -0.39 is 6.10 Å². The number of rotatable bonds is 5. The Morgan fingerprint density at radius 1 is 1.40 bits per heavy atom. The first-order chi connectivity index (χ1) is 9.56. The lowest BCUT2D eigenvalue weighted by Crippen LogP contribution is -2.41. The molecule has 0 radical (unpaired) electrons. The number of piperidine rings is 1. The zero-order valence-electron chi connectivity index (χ0n) is 12.9. The van der Waals surface area contributed by atoms with E-state index in [-0.39, 0.29) is 0 Å². The van der Waals surface area contributed by atoms with Crippen LogP contribution in [0.2, 0.25) is 0 Å². The second-order valence-electron chi connectivity index (χ2n) is 6.17. The van der Waals surface area contributed by atoms with E-state index in [0.717, 1.165) is 36.9 Å². The zero-order valence-corrected chi connectivity index (χ0v) is 12.9. The van der Waals surface area contributed by atoms with Gasteiger partial charge in [0.05, 0.1) is 0 Å². The Bertz CT molecular complexity index is 433. The molecule has 3 nitrogen and oxygen atoms in total. The number of β-amino-alcohol motifs (C(OH)–C–C–N with tert-alkyl or cyclic N) is 1. The van der Waals surface area contributed by atoms with E-state index in [2.05, 4.69) is 31.7 Å². The fourth-order valence-corrected chi connectivity index (χ4v) is 2.87. The van der Waals surface area contributed by atoms with Crippen LogP contribution in [0.4, 0.5) is 0 Å². The van der Waals surface area contributed by atoms with Crippen LogP contribution >= 0.6 is 0 Å². The van der Waals surface area contributed by atoms with Crippen molar-refractivity contribution in [3.8, 4) is 5.75 Å². The van der Waals surface area contributed by atoms with Gasteiger partial charge in [-0.3, -0.25) is 0 Å². The fourth-order valence-electron chi connectivity index (χ4n) is 2.87. The maximum absolute atomic E-state index is 10.1. The van der Waals surface area contributed by atoms with Gasteiger partial charge < -0.3 is 14.7 Å². The van der Waals surface area contributed by atoms with Gasteiger partial charge >= 0.3 is 0 Å². The second-order valence-corrected chi connectivity index (χ2v) is 6.17. The first-order valence-electron chi connectivity index (χ1n) is 7.65. The molecule has 0 bridgehead atoms. The molecule has 0 spiro atoms. The number of hydrogen-bond acceptors (Lipinski definition) is 3. The highest BCUT2D eigenvalue weighted by molar-refractivity contribution is 5.38. The number of ether oxygens (including phenoxy) is 1. The summed E-state index contributed by atoms with van der Waals surface area (Å²) in [5.41, 5.74) is 2.38. The minimum atomic E-state index is -0.416. The molecular formula is C17H27NO2. The minimum Gasteiger partial charge on any atom is -0.491 e. The van der Waals surface area contributed by atoms with Crippen LogP contribution in [-0.2, 0) is 0 Å². The highest BCUT2D eigenvalue weighted by Gasteiger charge is 2.19. The molecule has 3 heteroatoms. The lowest BCUT2D eigenvalue weighted by atomic mass is 10.0. The number of aryl methyl sites for hydroxylation is 1. The third-order valence-electron chi connectivity index (χ3n) is 4.20. The fraction of sp³-hybridized carbons (Fsp3) is 0.647. The van der Waals surface area contributed by atoms with Crippen molar-refractivity contribution in [2.75, 3.05) is 26.2 Å². The van der Waals surface area contributed by atoms with Crippen LogP contribution in [0, 0.1) is 19.8 Å². The molecule has 1 heterocycles. The Morgan fingerprint density at radius 3 is 2.95 bits per heavy atom. The molecule has 2 rings (SSSR count). The summed E-state index contributed by atoms with van der Waals surface area (Å²) in [4.78, 5) is 2.35. The maximum atomic E-state index is 10.1. The van der Waals surface area contributed by atoms with Gasteiger partial charge in [-0.1, -0.05) is 19.1 Å². The number of aliphatic hydroxyl groups is 1. The molecule has 0 saturated carbocycles. The van der Waals surface area contributed by atoms with Crippen LogP contribution in [0.5, 0.6) is 5.75 Å². The van der Waals surface area contributed by atoms with Crippen molar-refractivity contribution >= 4 is 0 Å². The SMILES string of the molecule is Cc1cccc(OC[C@H](O)CN2CCC[C@@H](C)C2)c1C. The summed E-state index contributed by atoms with van der Waals surface area (Å²) >= 11 is 0. The summed E-state index contributed by atoms with van der Waals surface area (Å²) in [6.07, 6.45) is 2.14. The van der Waals surface area contributed by atoms with E-state index in [4.69, 9.17) is 4.74 Å². The van der Waals surface area contributed by atoms with Gasteiger partial charge in [0.15, 0.2) is 0 Å². The van der Waals surface area contributed by atoms with Crippen LogP contribution in [-0.4, -0.2) is 42.4 Å². The Hall–Kier alpha value is -1.06. The van der Waals surface area contributed by atoms with Gasteiger partial charge in [-0.2, -0.15) is 0 Å². The van der Waals surface area contributed by atoms with E-state index in [0.29, 0.717) is 6.61 Å². The number of nitrogens with zero attached hydrogens (tertiary/aromatic N) is 1. The maximum Gasteiger partial charge on any atom is 0.122 e. The standard InChI is InChI=1S/C17H27NO2/c1-13-6-5-9-18(10-13)11-16(19)12-20-17-8-4-7-14(2)15(17)3/h4,7-8,13,16,19H,5-6,9-12H2,1-3H3/t13-,16-/m1/s1. The molecule has 2 atom stereocenters. The molecule has 0 aromatic heterocycles. The second kappa shape index (κ2) is 7.09. The van der Waals surface area contributed by atoms with E-state index in [1.807, 2.05) is 12.1 Å². The molecule has 0 aliphatic carbocycles. The summed E-state index contributed by atoms with van der Waals surface area (Å²) in [5, 5.41) is 10.1. The van der Waals surface area contributed by atoms with Gasteiger partial charge in [0.2, 0.25) is 0 Å². The Labute approximate surface area is 122 Å². The number of hydrogen-bond donors (Lipinski definition) is 1. The Morgan fingerprint density at radius 2 is 2.20 bits per heavy atom. The molecule has 1 fully saturated rings. The first kappa shape index (κ1) is 15.3. The third-order valence-corrected chi connectivity index (χ3v) is 4.20. The lowest BCUT2D eigenvalue weighted by Gasteiger charge is -2.32. The van der Waals surface area contributed by atoms with Crippen LogP contribution in [0.1, 0.15) is 30.9 Å². The van der Waals surface area contributed by atoms with E-state index in [1.165, 1.54) is 18.4 Å². The third kappa shape index (κ3) is 4.22. The number of benzene rings is 1. The smallest absolute Gasteiger partial charge is 0.122 e. The summed E-state index contributed by atoms with van der Waals surface area (Å²) in [6.45, 7) is 9.71. The van der Waals surface area contributed by atoms with Crippen molar-refractivity contribution in [2.45, 2.75) is 39.7 Å². The van der Waals surface area contributed by atoms with E-state index in [9.17, 15) is 5.11 Å². The van der Waals surface area contributed by atoms with Crippen molar-refractivity contribution in [1.29, 1.82) is 0 Å². The van der Waals surface area contributed by atoms with E-state index >= 15 is 0 Å². The minimum absolute atomic E-state index is 0.370. The van der Waals surface area contributed by atoms with Crippen molar-refractivity contribution in [1.82, 2.24) is 4.90 Å². The van der Waals surface area contributed by atoms with Gasteiger partial charge in [0.1, 0.15) is 18.5 Å². The summed E-state index contributed by atoms with van der Waals surface area (Å²) < 4.78 is 5.77. The van der Waals surface area contributed by atoms with Crippen LogP contribution in [0.3, 0.4) is 0 Å². The molecule has 1 aliphatic heterocycles. The molecule has 0 unspecified atom stereocenters. The van der Waals surface area contributed by atoms with E-state index in [1.54, 1.807) is 0 Å². The molecular weight excluding hydrogens is 250 g/mol. The predicted molar refractivity (Wildman–Crippen MR) is 82.3 cm³/mol. The highest BCUT2D eigenvalue weighted by Crippen LogP contribution is 2.21. The average molecular weight is 277 g/mol. The normalized spacial score (nSPS) is 21.7. The van der Waals surface area contributed by atoms with Crippen LogP contribution in [0.25, 0.3) is 0 Å².